The van der Waals surface area contributed by atoms with E-state index in [1.807, 2.05) is 13.8 Å². The molecule has 0 saturated heterocycles. The van der Waals surface area contributed by atoms with Gasteiger partial charge in [0.05, 0.1) is 13.2 Å². The van der Waals surface area contributed by atoms with Crippen molar-refractivity contribution in [3.63, 3.8) is 0 Å². The summed E-state index contributed by atoms with van der Waals surface area (Å²) in [6.45, 7) is 5.09. The molecule has 138 valence electrons. The van der Waals surface area contributed by atoms with Gasteiger partial charge in [0, 0.05) is 12.8 Å². The van der Waals surface area contributed by atoms with Gasteiger partial charge in [-0.1, -0.05) is 51.4 Å². The molecule has 5 heteroatoms. The van der Waals surface area contributed by atoms with Crippen LogP contribution >= 0.6 is 12.4 Å². The van der Waals surface area contributed by atoms with Crippen molar-refractivity contribution in [3.05, 3.63) is 0 Å². The van der Waals surface area contributed by atoms with Crippen LogP contribution in [0.4, 0.5) is 0 Å². The third-order valence-corrected chi connectivity index (χ3v) is 3.69. The molecule has 4 nitrogen and oxygen atoms in total. The fourth-order valence-corrected chi connectivity index (χ4v) is 2.48. The van der Waals surface area contributed by atoms with E-state index < -0.39 is 0 Å². The van der Waals surface area contributed by atoms with E-state index in [2.05, 4.69) is 0 Å². The summed E-state index contributed by atoms with van der Waals surface area (Å²) >= 11 is 0. The van der Waals surface area contributed by atoms with Gasteiger partial charge in [0.2, 0.25) is 0 Å². The Hall–Kier alpha value is -0.770. The Labute approximate surface area is 149 Å². The average molecular weight is 349 g/mol. The van der Waals surface area contributed by atoms with Crippen LogP contribution in [0.3, 0.4) is 0 Å². The van der Waals surface area contributed by atoms with Crippen molar-refractivity contribution in [2.24, 2.45) is 0 Å². The van der Waals surface area contributed by atoms with Crippen molar-refractivity contribution < 1.29 is 9.47 Å². The number of hydrogen-bond acceptors (Lipinski definition) is 4. The van der Waals surface area contributed by atoms with E-state index in [0.29, 0.717) is 25.0 Å². The van der Waals surface area contributed by atoms with Gasteiger partial charge in [-0.25, -0.2) is 0 Å². The first-order valence-electron chi connectivity index (χ1n) is 9.11. The van der Waals surface area contributed by atoms with E-state index in [4.69, 9.17) is 20.3 Å². The second-order valence-corrected chi connectivity index (χ2v) is 5.75. The fourth-order valence-electron chi connectivity index (χ4n) is 2.48. The van der Waals surface area contributed by atoms with Crippen molar-refractivity contribution in [2.75, 3.05) is 13.2 Å². The van der Waals surface area contributed by atoms with Gasteiger partial charge in [-0.3, -0.25) is 10.8 Å². The maximum atomic E-state index is 7.52. The largest absolute Gasteiger partial charge is 0.481 e. The molecule has 0 unspecified atom stereocenters. The van der Waals surface area contributed by atoms with Crippen LogP contribution in [0, 0.1) is 10.8 Å². The molecule has 0 fully saturated rings. The lowest BCUT2D eigenvalue weighted by molar-refractivity contribution is 0.311. The minimum Gasteiger partial charge on any atom is -0.481 e. The van der Waals surface area contributed by atoms with Crippen molar-refractivity contribution in [1.29, 1.82) is 10.8 Å². The Bertz CT molecular complexity index is 258. The highest BCUT2D eigenvalue weighted by Crippen LogP contribution is 2.12. The molecule has 0 aromatic rings. The summed E-state index contributed by atoms with van der Waals surface area (Å²) in [4.78, 5) is 0. The van der Waals surface area contributed by atoms with Gasteiger partial charge in [-0.05, 0) is 26.7 Å². The minimum absolute atomic E-state index is 0. The second kappa shape index (κ2) is 19.3. The van der Waals surface area contributed by atoms with Crippen LogP contribution in [0.25, 0.3) is 0 Å². The lowest BCUT2D eigenvalue weighted by Crippen LogP contribution is -2.02. The van der Waals surface area contributed by atoms with Crippen molar-refractivity contribution >= 4 is 24.2 Å². The molecule has 0 aliphatic carbocycles. The van der Waals surface area contributed by atoms with Gasteiger partial charge in [-0.15, -0.1) is 12.4 Å². The topological polar surface area (TPSA) is 66.2 Å². The van der Waals surface area contributed by atoms with Crippen molar-refractivity contribution in [3.8, 4) is 0 Å². The zero-order valence-electron chi connectivity index (χ0n) is 15.1. The Morgan fingerprint density at radius 1 is 0.565 bits per heavy atom. The van der Waals surface area contributed by atoms with Gasteiger partial charge < -0.3 is 9.47 Å². The van der Waals surface area contributed by atoms with Gasteiger partial charge >= 0.3 is 0 Å². The van der Waals surface area contributed by atoms with Gasteiger partial charge in [-0.2, -0.15) is 0 Å². The highest BCUT2D eigenvalue weighted by molar-refractivity contribution is 5.85. The Morgan fingerprint density at radius 2 is 0.826 bits per heavy atom. The molecule has 23 heavy (non-hydrogen) atoms. The third-order valence-electron chi connectivity index (χ3n) is 3.69. The lowest BCUT2D eigenvalue weighted by Gasteiger charge is -2.05. The number of halogens is 1. The average Bonchev–Trinajstić information content (AvgIpc) is 2.49. The zero-order valence-corrected chi connectivity index (χ0v) is 15.9. The van der Waals surface area contributed by atoms with E-state index in [1.54, 1.807) is 0 Å². The number of rotatable bonds is 15. The van der Waals surface area contributed by atoms with Crippen LogP contribution in [0.1, 0.15) is 90.9 Å². The van der Waals surface area contributed by atoms with Crippen molar-refractivity contribution in [2.45, 2.75) is 90.9 Å². The monoisotopic (exact) mass is 348 g/mol. The summed E-state index contributed by atoms with van der Waals surface area (Å²) < 4.78 is 10.2. The molecule has 0 atom stereocenters. The summed E-state index contributed by atoms with van der Waals surface area (Å²) in [6.07, 6.45) is 14.1. The molecule has 0 aliphatic heterocycles. The molecule has 0 aliphatic rings. The van der Waals surface area contributed by atoms with E-state index >= 15 is 0 Å². The smallest absolute Gasteiger partial charge is 0.180 e. The van der Waals surface area contributed by atoms with Crippen LogP contribution in [-0.4, -0.2) is 25.0 Å². The maximum absolute atomic E-state index is 7.52. The maximum Gasteiger partial charge on any atom is 0.180 e. The molecular weight excluding hydrogens is 312 g/mol. The van der Waals surface area contributed by atoms with Crippen LogP contribution in [-0.2, 0) is 9.47 Å². The summed E-state index contributed by atoms with van der Waals surface area (Å²) in [5.41, 5.74) is 0. The molecule has 0 amide bonds. The lowest BCUT2D eigenvalue weighted by atomic mass is 10.1. The molecule has 0 aromatic carbocycles. The third kappa shape index (κ3) is 19.2. The van der Waals surface area contributed by atoms with E-state index in [1.165, 1.54) is 51.4 Å². The Kier molecular flexibility index (Phi) is 20.5. The standard InChI is InChI=1S/C18H36N2O2.ClH/c1-3-21-17(19)15-13-11-9-7-5-6-8-10-12-14-16-18(20)22-4-2;/h19-20H,3-16H2,1-2H3;1H. The first-order chi connectivity index (χ1) is 10.7. The molecule has 2 N–H and O–H groups in total. The normalized spacial score (nSPS) is 10.0. The number of unbranched alkanes of at least 4 members (excludes halogenated alkanes) is 9. The predicted octanol–water partition coefficient (Wildman–Crippen LogP) is 6.12. The van der Waals surface area contributed by atoms with Crippen LogP contribution in [0.5, 0.6) is 0 Å². The Morgan fingerprint density at radius 3 is 1.09 bits per heavy atom. The minimum atomic E-state index is 0. The number of nitrogens with one attached hydrogen (secondary N) is 2. The SMILES string of the molecule is CCOC(=N)CCCCCCCCCCCCC(=N)OCC.Cl. The highest BCUT2D eigenvalue weighted by atomic mass is 35.5. The Balaban J connectivity index is 0. The molecule has 0 spiro atoms. The van der Waals surface area contributed by atoms with E-state index in [-0.39, 0.29) is 12.4 Å². The predicted molar refractivity (Wildman–Crippen MR) is 101 cm³/mol. The summed E-state index contributed by atoms with van der Waals surface area (Å²) in [5, 5.41) is 15.0. The first kappa shape index (κ1) is 24.5. The summed E-state index contributed by atoms with van der Waals surface area (Å²) in [6, 6.07) is 0. The summed E-state index contributed by atoms with van der Waals surface area (Å²) in [5.74, 6) is 0.889. The molecule has 0 radical (unpaired) electrons. The quantitative estimate of drug-likeness (QED) is 0.213. The molecule has 0 saturated carbocycles. The fraction of sp³-hybridized carbons (Fsp3) is 0.889. The molecule has 0 bridgehead atoms. The molecular formula is C18H37ClN2O2. The van der Waals surface area contributed by atoms with E-state index in [9.17, 15) is 0 Å². The molecule has 0 aromatic heterocycles. The van der Waals surface area contributed by atoms with Crippen LogP contribution in [0.2, 0.25) is 0 Å². The molecule has 0 heterocycles. The van der Waals surface area contributed by atoms with E-state index in [0.717, 1.165) is 25.7 Å². The van der Waals surface area contributed by atoms with Crippen molar-refractivity contribution in [1.82, 2.24) is 0 Å². The van der Waals surface area contributed by atoms with Crippen LogP contribution < -0.4 is 0 Å². The van der Waals surface area contributed by atoms with Gasteiger partial charge in [0.1, 0.15) is 0 Å². The number of hydrogen-bond donors (Lipinski definition) is 2. The second-order valence-electron chi connectivity index (χ2n) is 5.75. The van der Waals surface area contributed by atoms with Gasteiger partial charge in [0.25, 0.3) is 0 Å². The first-order valence-corrected chi connectivity index (χ1v) is 9.11. The van der Waals surface area contributed by atoms with Gasteiger partial charge in [0.15, 0.2) is 11.8 Å². The zero-order chi connectivity index (χ0) is 16.5. The van der Waals surface area contributed by atoms with Crippen LogP contribution in [0.15, 0.2) is 0 Å². The molecule has 0 rings (SSSR count). The highest BCUT2D eigenvalue weighted by Gasteiger charge is 1.98. The summed E-state index contributed by atoms with van der Waals surface area (Å²) in [7, 11) is 0. The number of ether oxygens (including phenoxy) is 2.